The van der Waals surface area contributed by atoms with Crippen molar-refractivity contribution in [2.24, 2.45) is 13.0 Å². The Morgan fingerprint density at radius 1 is 1.50 bits per heavy atom. The molecule has 0 saturated heterocycles. The average molecular weight is 254 g/mol. The SMILES string of the molecule is CC(C)[C@H](NC(=O)NCc1nccn1C)C(=O)O. The number of amides is 2. The van der Waals surface area contributed by atoms with Crippen LogP contribution in [0.15, 0.2) is 12.4 Å². The number of hydrogen-bond donors (Lipinski definition) is 3. The van der Waals surface area contributed by atoms with Crippen LogP contribution in [0.5, 0.6) is 0 Å². The minimum atomic E-state index is -1.04. The fraction of sp³-hybridized carbons (Fsp3) is 0.545. The first-order valence-corrected chi connectivity index (χ1v) is 5.65. The summed E-state index contributed by atoms with van der Waals surface area (Å²) in [5, 5.41) is 13.9. The zero-order valence-corrected chi connectivity index (χ0v) is 10.7. The largest absolute Gasteiger partial charge is 0.480 e. The van der Waals surface area contributed by atoms with Crippen LogP contribution in [-0.4, -0.2) is 32.7 Å². The molecule has 1 atom stereocenters. The summed E-state index contributed by atoms with van der Waals surface area (Å²) in [6.07, 6.45) is 3.40. The van der Waals surface area contributed by atoms with Crippen molar-refractivity contribution >= 4 is 12.0 Å². The normalized spacial score (nSPS) is 12.2. The number of aromatic nitrogens is 2. The molecule has 0 bridgehead atoms. The number of carbonyl (C=O) groups excluding carboxylic acids is 1. The second-order valence-electron chi connectivity index (χ2n) is 4.34. The average Bonchev–Trinajstić information content (AvgIpc) is 2.68. The van der Waals surface area contributed by atoms with Crippen LogP contribution in [0, 0.1) is 5.92 Å². The molecule has 18 heavy (non-hydrogen) atoms. The molecule has 0 aliphatic carbocycles. The molecule has 0 aliphatic rings. The Hall–Kier alpha value is -2.05. The first kappa shape index (κ1) is 14.0. The van der Waals surface area contributed by atoms with Gasteiger partial charge in [0.2, 0.25) is 0 Å². The summed E-state index contributed by atoms with van der Waals surface area (Å²) in [6.45, 7) is 3.72. The zero-order chi connectivity index (χ0) is 13.7. The number of nitrogens with zero attached hydrogens (tertiary/aromatic N) is 2. The molecule has 3 N–H and O–H groups in total. The first-order valence-electron chi connectivity index (χ1n) is 5.65. The van der Waals surface area contributed by atoms with E-state index in [0.717, 1.165) is 0 Å². The second-order valence-corrected chi connectivity index (χ2v) is 4.34. The van der Waals surface area contributed by atoms with Gasteiger partial charge in [-0.2, -0.15) is 0 Å². The van der Waals surface area contributed by atoms with Crippen molar-refractivity contribution in [1.82, 2.24) is 20.2 Å². The van der Waals surface area contributed by atoms with E-state index in [9.17, 15) is 9.59 Å². The zero-order valence-electron chi connectivity index (χ0n) is 10.7. The molecular weight excluding hydrogens is 236 g/mol. The molecule has 0 spiro atoms. The van der Waals surface area contributed by atoms with Gasteiger partial charge < -0.3 is 20.3 Å². The summed E-state index contributed by atoms with van der Waals surface area (Å²) in [4.78, 5) is 26.5. The highest BCUT2D eigenvalue weighted by molar-refractivity contribution is 5.82. The molecule has 100 valence electrons. The molecule has 0 aromatic carbocycles. The van der Waals surface area contributed by atoms with E-state index in [1.54, 1.807) is 30.8 Å². The van der Waals surface area contributed by atoms with Gasteiger partial charge in [-0.25, -0.2) is 14.6 Å². The van der Waals surface area contributed by atoms with Gasteiger partial charge in [0, 0.05) is 19.4 Å². The smallest absolute Gasteiger partial charge is 0.326 e. The maximum Gasteiger partial charge on any atom is 0.326 e. The molecule has 0 saturated carbocycles. The minimum absolute atomic E-state index is 0.179. The maximum absolute atomic E-state index is 11.5. The second kappa shape index (κ2) is 6.04. The lowest BCUT2D eigenvalue weighted by atomic mass is 10.1. The van der Waals surface area contributed by atoms with Crippen molar-refractivity contribution in [3.8, 4) is 0 Å². The number of hydrogen-bond acceptors (Lipinski definition) is 3. The number of urea groups is 1. The van der Waals surface area contributed by atoms with Crippen LogP contribution in [0.2, 0.25) is 0 Å². The fourth-order valence-corrected chi connectivity index (χ4v) is 1.43. The van der Waals surface area contributed by atoms with Crippen LogP contribution in [0.4, 0.5) is 4.79 Å². The number of carboxylic acid groups (broad SMARTS) is 1. The predicted octanol–water partition coefficient (Wildman–Crippen LogP) is 0.328. The van der Waals surface area contributed by atoms with Crippen LogP contribution < -0.4 is 10.6 Å². The van der Waals surface area contributed by atoms with Gasteiger partial charge in [-0.3, -0.25) is 0 Å². The van der Waals surface area contributed by atoms with Crippen molar-refractivity contribution in [1.29, 1.82) is 0 Å². The molecule has 0 radical (unpaired) electrons. The topological polar surface area (TPSA) is 96.3 Å². The fourth-order valence-electron chi connectivity index (χ4n) is 1.43. The quantitative estimate of drug-likeness (QED) is 0.705. The monoisotopic (exact) mass is 254 g/mol. The van der Waals surface area contributed by atoms with Crippen molar-refractivity contribution in [3.63, 3.8) is 0 Å². The van der Waals surface area contributed by atoms with Gasteiger partial charge in [-0.1, -0.05) is 13.8 Å². The van der Waals surface area contributed by atoms with Crippen LogP contribution in [0.3, 0.4) is 0 Å². The summed E-state index contributed by atoms with van der Waals surface area (Å²) in [5.41, 5.74) is 0. The number of nitrogens with one attached hydrogen (secondary N) is 2. The molecule has 1 heterocycles. The number of rotatable bonds is 5. The van der Waals surface area contributed by atoms with E-state index in [1.165, 1.54) is 0 Å². The Kier molecular flexibility index (Phi) is 4.70. The van der Waals surface area contributed by atoms with E-state index in [1.807, 2.05) is 7.05 Å². The lowest BCUT2D eigenvalue weighted by Crippen LogP contribution is -2.48. The number of carboxylic acids is 1. The molecule has 0 aliphatic heterocycles. The van der Waals surface area contributed by atoms with E-state index in [-0.39, 0.29) is 12.5 Å². The Balaban J connectivity index is 2.46. The molecule has 0 fully saturated rings. The molecular formula is C11H18N4O3. The standard InChI is InChI=1S/C11H18N4O3/c1-7(2)9(10(16)17)14-11(18)13-6-8-12-4-5-15(8)3/h4-5,7,9H,6H2,1-3H3,(H,16,17)(H2,13,14,18)/t9-/m0/s1. The molecule has 1 aromatic rings. The number of aliphatic carboxylic acids is 1. The van der Waals surface area contributed by atoms with Crippen molar-refractivity contribution in [3.05, 3.63) is 18.2 Å². The molecule has 0 unspecified atom stereocenters. The first-order chi connectivity index (χ1) is 8.41. The Morgan fingerprint density at radius 3 is 2.61 bits per heavy atom. The van der Waals surface area contributed by atoms with Crippen LogP contribution in [0.1, 0.15) is 19.7 Å². The van der Waals surface area contributed by atoms with Crippen molar-refractivity contribution < 1.29 is 14.7 Å². The number of aryl methyl sites for hydroxylation is 1. The van der Waals surface area contributed by atoms with Gasteiger partial charge in [0.1, 0.15) is 11.9 Å². The molecule has 1 rings (SSSR count). The van der Waals surface area contributed by atoms with E-state index in [2.05, 4.69) is 15.6 Å². The summed E-state index contributed by atoms with van der Waals surface area (Å²) >= 11 is 0. The van der Waals surface area contributed by atoms with Gasteiger partial charge >= 0.3 is 12.0 Å². The summed E-state index contributed by atoms with van der Waals surface area (Å²) in [7, 11) is 1.82. The van der Waals surface area contributed by atoms with E-state index in [0.29, 0.717) is 5.82 Å². The third-order valence-electron chi connectivity index (χ3n) is 2.55. The van der Waals surface area contributed by atoms with Gasteiger partial charge in [0.05, 0.1) is 6.54 Å². The van der Waals surface area contributed by atoms with E-state index in [4.69, 9.17) is 5.11 Å². The number of imidazole rings is 1. The molecule has 2 amide bonds. The van der Waals surface area contributed by atoms with Gasteiger partial charge in [0.15, 0.2) is 0 Å². The maximum atomic E-state index is 11.5. The summed E-state index contributed by atoms with van der Waals surface area (Å²) < 4.78 is 1.78. The van der Waals surface area contributed by atoms with E-state index >= 15 is 0 Å². The summed E-state index contributed by atoms with van der Waals surface area (Å²) in [5.74, 6) is -0.528. The van der Waals surface area contributed by atoms with Gasteiger partial charge in [-0.05, 0) is 5.92 Å². The molecule has 7 heteroatoms. The molecule has 1 aromatic heterocycles. The number of carbonyl (C=O) groups is 2. The highest BCUT2D eigenvalue weighted by atomic mass is 16.4. The Labute approximate surface area is 105 Å². The predicted molar refractivity (Wildman–Crippen MR) is 64.8 cm³/mol. The van der Waals surface area contributed by atoms with Crippen LogP contribution >= 0.6 is 0 Å². The van der Waals surface area contributed by atoms with Crippen LogP contribution in [-0.2, 0) is 18.4 Å². The van der Waals surface area contributed by atoms with Crippen molar-refractivity contribution in [2.45, 2.75) is 26.4 Å². The lowest BCUT2D eigenvalue weighted by Gasteiger charge is -2.18. The highest BCUT2D eigenvalue weighted by Gasteiger charge is 2.23. The Morgan fingerprint density at radius 2 is 2.17 bits per heavy atom. The third kappa shape index (κ3) is 3.76. The third-order valence-corrected chi connectivity index (χ3v) is 2.55. The van der Waals surface area contributed by atoms with Crippen molar-refractivity contribution in [2.75, 3.05) is 0 Å². The highest BCUT2D eigenvalue weighted by Crippen LogP contribution is 2.01. The van der Waals surface area contributed by atoms with Crippen LogP contribution in [0.25, 0.3) is 0 Å². The minimum Gasteiger partial charge on any atom is -0.480 e. The summed E-state index contributed by atoms with van der Waals surface area (Å²) in [6, 6.07) is -1.41. The van der Waals surface area contributed by atoms with E-state index < -0.39 is 18.0 Å². The van der Waals surface area contributed by atoms with Gasteiger partial charge in [0.25, 0.3) is 0 Å². The molecule has 7 nitrogen and oxygen atoms in total. The lowest BCUT2D eigenvalue weighted by molar-refractivity contribution is -0.140. The van der Waals surface area contributed by atoms with Gasteiger partial charge in [-0.15, -0.1) is 0 Å². The Bertz CT molecular complexity index is 428.